The standard InChI is InChI=1S/C15H18N2O4/c18-13-9-8-11(16-13)14(19)17-12(15(20)21)7-6-10-4-2-1-3-5-10/h1-5,11-12H,6-9H2,(H,16,18)(H,17,19)(H,20,21). The van der Waals surface area contributed by atoms with Gasteiger partial charge in [0.15, 0.2) is 0 Å². The van der Waals surface area contributed by atoms with E-state index in [1.54, 1.807) is 0 Å². The van der Waals surface area contributed by atoms with Crippen molar-refractivity contribution in [2.24, 2.45) is 0 Å². The molecule has 0 aliphatic carbocycles. The van der Waals surface area contributed by atoms with Crippen molar-refractivity contribution in [3.63, 3.8) is 0 Å². The summed E-state index contributed by atoms with van der Waals surface area (Å²) >= 11 is 0. The number of rotatable bonds is 6. The van der Waals surface area contributed by atoms with Gasteiger partial charge < -0.3 is 15.7 Å². The molecule has 1 fully saturated rings. The zero-order valence-corrected chi connectivity index (χ0v) is 11.5. The lowest BCUT2D eigenvalue weighted by Crippen LogP contribution is -2.48. The quantitative estimate of drug-likeness (QED) is 0.709. The monoisotopic (exact) mass is 290 g/mol. The van der Waals surface area contributed by atoms with Gasteiger partial charge in [0, 0.05) is 6.42 Å². The van der Waals surface area contributed by atoms with E-state index in [1.165, 1.54) is 0 Å². The van der Waals surface area contributed by atoms with Crippen LogP contribution in [0.4, 0.5) is 0 Å². The molecule has 1 heterocycles. The lowest BCUT2D eigenvalue weighted by Gasteiger charge is -2.17. The molecule has 2 atom stereocenters. The second-order valence-corrected chi connectivity index (χ2v) is 5.08. The molecule has 3 N–H and O–H groups in total. The van der Waals surface area contributed by atoms with Crippen molar-refractivity contribution in [1.82, 2.24) is 10.6 Å². The predicted octanol–water partition coefficient (Wildman–Crippen LogP) is 0.467. The molecule has 2 amide bonds. The van der Waals surface area contributed by atoms with Crippen LogP contribution in [-0.4, -0.2) is 35.0 Å². The Hall–Kier alpha value is -2.37. The highest BCUT2D eigenvalue weighted by Gasteiger charge is 2.30. The van der Waals surface area contributed by atoms with Crippen molar-refractivity contribution in [2.45, 2.75) is 37.8 Å². The second kappa shape index (κ2) is 6.88. The molecule has 0 radical (unpaired) electrons. The van der Waals surface area contributed by atoms with Crippen LogP contribution >= 0.6 is 0 Å². The number of amides is 2. The number of carboxylic acids is 1. The summed E-state index contributed by atoms with van der Waals surface area (Å²) in [5.74, 6) is -1.67. The van der Waals surface area contributed by atoms with E-state index in [-0.39, 0.29) is 5.91 Å². The van der Waals surface area contributed by atoms with Crippen LogP contribution in [0.5, 0.6) is 0 Å². The molecule has 1 saturated heterocycles. The van der Waals surface area contributed by atoms with E-state index in [0.29, 0.717) is 25.7 Å². The molecule has 1 aromatic carbocycles. The van der Waals surface area contributed by atoms with Gasteiger partial charge in [-0.3, -0.25) is 9.59 Å². The van der Waals surface area contributed by atoms with E-state index in [2.05, 4.69) is 10.6 Å². The molecule has 0 saturated carbocycles. The van der Waals surface area contributed by atoms with Crippen LogP contribution in [0, 0.1) is 0 Å². The number of nitrogens with one attached hydrogen (secondary N) is 2. The minimum absolute atomic E-state index is 0.175. The maximum atomic E-state index is 11.9. The molecule has 1 aliphatic heterocycles. The zero-order valence-electron chi connectivity index (χ0n) is 11.5. The third-order valence-electron chi connectivity index (χ3n) is 3.49. The van der Waals surface area contributed by atoms with Gasteiger partial charge in [-0.25, -0.2) is 4.79 Å². The first-order valence-corrected chi connectivity index (χ1v) is 6.92. The Kier molecular flexibility index (Phi) is 4.92. The Morgan fingerprint density at radius 3 is 2.62 bits per heavy atom. The van der Waals surface area contributed by atoms with Gasteiger partial charge in [0.05, 0.1) is 0 Å². The van der Waals surface area contributed by atoms with Crippen molar-refractivity contribution in [1.29, 1.82) is 0 Å². The molecule has 0 spiro atoms. The third kappa shape index (κ3) is 4.30. The lowest BCUT2D eigenvalue weighted by molar-refractivity contribution is -0.142. The van der Waals surface area contributed by atoms with Crippen LogP contribution < -0.4 is 10.6 Å². The van der Waals surface area contributed by atoms with Crippen molar-refractivity contribution < 1.29 is 19.5 Å². The van der Waals surface area contributed by atoms with Crippen LogP contribution in [-0.2, 0) is 20.8 Å². The van der Waals surface area contributed by atoms with Gasteiger partial charge in [-0.2, -0.15) is 0 Å². The average Bonchev–Trinajstić information content (AvgIpc) is 2.90. The van der Waals surface area contributed by atoms with Gasteiger partial charge in [-0.05, 0) is 24.8 Å². The minimum Gasteiger partial charge on any atom is -0.480 e. The van der Waals surface area contributed by atoms with Gasteiger partial charge in [-0.1, -0.05) is 30.3 Å². The Balaban J connectivity index is 1.88. The summed E-state index contributed by atoms with van der Waals surface area (Å²) in [6, 6.07) is 7.93. The van der Waals surface area contributed by atoms with E-state index in [9.17, 15) is 19.5 Å². The molecular weight excluding hydrogens is 272 g/mol. The van der Waals surface area contributed by atoms with Crippen LogP contribution in [0.15, 0.2) is 30.3 Å². The van der Waals surface area contributed by atoms with E-state index in [0.717, 1.165) is 5.56 Å². The molecule has 1 aliphatic rings. The molecule has 2 unspecified atom stereocenters. The normalized spacial score (nSPS) is 18.9. The fourth-order valence-electron chi connectivity index (χ4n) is 2.30. The number of aliphatic carboxylic acids is 1. The van der Waals surface area contributed by atoms with Crippen LogP contribution in [0.1, 0.15) is 24.8 Å². The van der Waals surface area contributed by atoms with Gasteiger partial charge in [0.25, 0.3) is 0 Å². The predicted molar refractivity (Wildman–Crippen MR) is 75.5 cm³/mol. The molecular formula is C15H18N2O4. The number of carbonyl (C=O) groups is 3. The first-order valence-electron chi connectivity index (χ1n) is 6.92. The lowest BCUT2D eigenvalue weighted by atomic mass is 10.0. The van der Waals surface area contributed by atoms with Gasteiger partial charge in [0.1, 0.15) is 12.1 Å². The molecule has 0 bridgehead atoms. The summed E-state index contributed by atoms with van der Waals surface area (Å²) in [5.41, 5.74) is 1.02. The molecule has 2 rings (SSSR count). The Bertz CT molecular complexity index is 530. The first kappa shape index (κ1) is 15.0. The summed E-state index contributed by atoms with van der Waals surface area (Å²) in [6.07, 6.45) is 1.59. The topological polar surface area (TPSA) is 95.5 Å². The fourth-order valence-corrected chi connectivity index (χ4v) is 2.30. The van der Waals surface area contributed by atoms with Crippen molar-refractivity contribution in [3.05, 3.63) is 35.9 Å². The largest absolute Gasteiger partial charge is 0.480 e. The number of aryl methyl sites for hydroxylation is 1. The Labute approximate surface area is 122 Å². The minimum atomic E-state index is -1.07. The Morgan fingerprint density at radius 1 is 1.33 bits per heavy atom. The van der Waals surface area contributed by atoms with Gasteiger partial charge in [-0.15, -0.1) is 0 Å². The molecule has 6 heteroatoms. The van der Waals surface area contributed by atoms with Crippen LogP contribution in [0.2, 0.25) is 0 Å². The van der Waals surface area contributed by atoms with Crippen molar-refractivity contribution in [3.8, 4) is 0 Å². The SMILES string of the molecule is O=C1CCC(C(=O)NC(CCc2ccccc2)C(=O)O)N1. The average molecular weight is 290 g/mol. The summed E-state index contributed by atoms with van der Waals surface area (Å²) in [4.78, 5) is 34.2. The third-order valence-corrected chi connectivity index (χ3v) is 3.49. The highest BCUT2D eigenvalue weighted by atomic mass is 16.4. The van der Waals surface area contributed by atoms with Crippen molar-refractivity contribution >= 4 is 17.8 Å². The van der Waals surface area contributed by atoms with Crippen LogP contribution in [0.3, 0.4) is 0 Å². The van der Waals surface area contributed by atoms with Crippen LogP contribution in [0.25, 0.3) is 0 Å². The smallest absolute Gasteiger partial charge is 0.326 e. The molecule has 6 nitrogen and oxygen atoms in total. The molecule has 1 aromatic rings. The van der Waals surface area contributed by atoms with Crippen molar-refractivity contribution in [2.75, 3.05) is 0 Å². The summed E-state index contributed by atoms with van der Waals surface area (Å²) < 4.78 is 0. The maximum Gasteiger partial charge on any atom is 0.326 e. The van der Waals surface area contributed by atoms with E-state index >= 15 is 0 Å². The molecule has 0 aromatic heterocycles. The number of carbonyl (C=O) groups excluding carboxylic acids is 2. The first-order chi connectivity index (χ1) is 10.1. The Morgan fingerprint density at radius 2 is 2.05 bits per heavy atom. The molecule has 112 valence electrons. The highest BCUT2D eigenvalue weighted by molar-refractivity contribution is 5.92. The summed E-state index contributed by atoms with van der Waals surface area (Å²) in [6.45, 7) is 0. The summed E-state index contributed by atoms with van der Waals surface area (Å²) in [5, 5.41) is 14.2. The summed E-state index contributed by atoms with van der Waals surface area (Å²) in [7, 11) is 0. The van der Waals surface area contributed by atoms with E-state index in [1.807, 2.05) is 30.3 Å². The second-order valence-electron chi connectivity index (χ2n) is 5.08. The highest BCUT2D eigenvalue weighted by Crippen LogP contribution is 2.09. The van der Waals surface area contributed by atoms with Gasteiger partial charge in [0.2, 0.25) is 11.8 Å². The van der Waals surface area contributed by atoms with E-state index in [4.69, 9.17) is 0 Å². The zero-order chi connectivity index (χ0) is 15.2. The number of benzene rings is 1. The molecule has 21 heavy (non-hydrogen) atoms. The maximum absolute atomic E-state index is 11.9. The van der Waals surface area contributed by atoms with E-state index < -0.39 is 24.0 Å². The number of carboxylic acid groups (broad SMARTS) is 1. The fraction of sp³-hybridized carbons (Fsp3) is 0.400. The van der Waals surface area contributed by atoms with Gasteiger partial charge >= 0.3 is 5.97 Å². The number of hydrogen-bond acceptors (Lipinski definition) is 3. The number of hydrogen-bond donors (Lipinski definition) is 3.